The van der Waals surface area contributed by atoms with Gasteiger partial charge in [0.25, 0.3) is 0 Å². The maximum absolute atomic E-state index is 13.3. The van der Waals surface area contributed by atoms with E-state index in [-0.39, 0.29) is 24.5 Å². The number of thiazole rings is 1. The van der Waals surface area contributed by atoms with Crippen LogP contribution in [0.3, 0.4) is 0 Å². The summed E-state index contributed by atoms with van der Waals surface area (Å²) in [5, 5.41) is 13.4. The number of halogens is 1. The molecule has 0 aliphatic heterocycles. The molecule has 1 aromatic heterocycles. The smallest absolute Gasteiger partial charge is 0.317 e. The van der Waals surface area contributed by atoms with Crippen molar-refractivity contribution in [2.75, 3.05) is 19.7 Å². The van der Waals surface area contributed by atoms with E-state index < -0.39 is 0 Å². The Balaban J connectivity index is 1.46. The van der Waals surface area contributed by atoms with Gasteiger partial charge < -0.3 is 15.3 Å². The van der Waals surface area contributed by atoms with Gasteiger partial charge in [0.1, 0.15) is 10.8 Å². The van der Waals surface area contributed by atoms with Crippen molar-refractivity contribution in [2.24, 2.45) is 0 Å². The molecule has 0 spiro atoms. The highest BCUT2D eigenvalue weighted by molar-refractivity contribution is 7.15. The maximum atomic E-state index is 13.3. The summed E-state index contributed by atoms with van der Waals surface area (Å²) >= 11 is 1.56. The molecule has 2 aromatic carbocycles. The number of hydrogen-bond acceptors (Lipinski definition) is 4. The molecule has 2 N–H and O–H groups in total. The summed E-state index contributed by atoms with van der Waals surface area (Å²) in [5.74, 6) is -0.269. The first-order valence-corrected chi connectivity index (χ1v) is 11.4. The molecule has 1 unspecified atom stereocenters. The number of fused-ring (bicyclic) bond motifs is 1. The molecule has 4 rings (SSSR count). The Bertz CT molecular complexity index is 1010. The molecule has 0 saturated carbocycles. The van der Waals surface area contributed by atoms with Crippen LogP contribution in [0.5, 0.6) is 0 Å². The Hall–Kier alpha value is -2.77. The number of benzene rings is 2. The number of amides is 2. The predicted octanol–water partition coefficient (Wildman–Crippen LogP) is 4.57. The molecule has 1 heterocycles. The van der Waals surface area contributed by atoms with Gasteiger partial charge >= 0.3 is 6.03 Å². The number of carbonyl (C=O) groups excluding carboxylic acids is 1. The topological polar surface area (TPSA) is 65.5 Å². The number of nitrogens with one attached hydrogen (secondary N) is 1. The first-order valence-electron chi connectivity index (χ1n) is 10.6. The predicted molar refractivity (Wildman–Crippen MR) is 121 cm³/mol. The fourth-order valence-corrected chi connectivity index (χ4v) is 5.06. The minimum Gasteiger partial charge on any atom is -0.395 e. The highest BCUT2D eigenvalue weighted by atomic mass is 32.1. The lowest BCUT2D eigenvalue weighted by Crippen LogP contribution is -2.44. The molecule has 7 heteroatoms. The fraction of sp³-hybridized carbons (Fsp3) is 0.333. The first kappa shape index (κ1) is 21.5. The third kappa shape index (κ3) is 5.29. The monoisotopic (exact) mass is 439 g/mol. The van der Waals surface area contributed by atoms with Gasteiger partial charge in [-0.1, -0.05) is 30.3 Å². The molecule has 0 fully saturated rings. The summed E-state index contributed by atoms with van der Waals surface area (Å²) in [6.07, 6.45) is 3.43. The summed E-state index contributed by atoms with van der Waals surface area (Å²) in [6, 6.07) is 16.1. The van der Waals surface area contributed by atoms with Gasteiger partial charge in [-0.3, -0.25) is 0 Å². The van der Waals surface area contributed by atoms with Crippen molar-refractivity contribution in [2.45, 2.75) is 31.7 Å². The van der Waals surface area contributed by atoms with Gasteiger partial charge in [0.15, 0.2) is 0 Å². The number of aliphatic hydroxyl groups excluding tert-OH is 1. The number of aryl methyl sites for hydroxylation is 1. The Labute approximate surface area is 185 Å². The molecule has 2 amide bonds. The molecule has 1 aliphatic rings. The quantitative estimate of drug-likeness (QED) is 0.567. The number of urea groups is 1. The highest BCUT2D eigenvalue weighted by Gasteiger charge is 2.27. The van der Waals surface area contributed by atoms with E-state index in [0.717, 1.165) is 52.4 Å². The number of aliphatic hydroxyl groups is 1. The van der Waals surface area contributed by atoms with E-state index in [2.05, 4.69) is 5.32 Å². The third-order valence-electron chi connectivity index (χ3n) is 5.51. The van der Waals surface area contributed by atoms with E-state index in [1.165, 1.54) is 12.1 Å². The van der Waals surface area contributed by atoms with Crippen LogP contribution in [0.1, 0.15) is 35.0 Å². The Morgan fingerprint density at radius 1 is 1.16 bits per heavy atom. The number of nitrogens with zero attached hydrogens (tertiary/aromatic N) is 2. The molecule has 5 nitrogen and oxygen atoms in total. The normalized spacial score (nSPS) is 15.4. The minimum absolute atomic E-state index is 0.0760. The molecular formula is C24H26FN3O2S. The second-order valence-corrected chi connectivity index (χ2v) is 8.71. The lowest BCUT2D eigenvalue weighted by molar-refractivity contribution is 0.173. The molecule has 1 aliphatic carbocycles. The summed E-state index contributed by atoms with van der Waals surface area (Å²) < 4.78 is 13.3. The molecule has 3 aromatic rings. The van der Waals surface area contributed by atoms with Crippen LogP contribution in [-0.2, 0) is 12.8 Å². The number of rotatable bonds is 7. The largest absolute Gasteiger partial charge is 0.395 e. The van der Waals surface area contributed by atoms with Gasteiger partial charge in [-0.15, -0.1) is 11.3 Å². The zero-order valence-corrected chi connectivity index (χ0v) is 18.1. The van der Waals surface area contributed by atoms with Crippen LogP contribution >= 0.6 is 11.3 Å². The lowest BCUT2D eigenvalue weighted by Gasteiger charge is -2.28. The molecule has 31 heavy (non-hydrogen) atoms. The van der Waals surface area contributed by atoms with Crippen LogP contribution in [0.2, 0.25) is 0 Å². The molecule has 0 saturated heterocycles. The van der Waals surface area contributed by atoms with E-state index in [4.69, 9.17) is 4.98 Å². The molecule has 162 valence electrons. The van der Waals surface area contributed by atoms with Crippen LogP contribution < -0.4 is 5.32 Å². The van der Waals surface area contributed by atoms with Crippen LogP contribution in [-0.4, -0.2) is 40.7 Å². The van der Waals surface area contributed by atoms with E-state index in [1.54, 1.807) is 28.4 Å². The van der Waals surface area contributed by atoms with E-state index in [0.29, 0.717) is 13.1 Å². The van der Waals surface area contributed by atoms with Crippen molar-refractivity contribution in [3.8, 4) is 10.6 Å². The van der Waals surface area contributed by atoms with Gasteiger partial charge in [0.2, 0.25) is 0 Å². The second kappa shape index (κ2) is 10.0. The van der Waals surface area contributed by atoms with Crippen LogP contribution in [0, 0.1) is 5.82 Å². The van der Waals surface area contributed by atoms with Gasteiger partial charge in [0, 0.05) is 18.7 Å². The standard InChI is InChI=1S/C24H26FN3O2S/c25-19-11-9-18(10-12-19)23-26-20-7-4-8-21(22(20)31-23)27-24(30)28(15-16-29)14-13-17-5-2-1-3-6-17/h1-3,5-6,9-12,21,29H,4,7-8,13-16H2,(H,27,30). The molecule has 0 radical (unpaired) electrons. The summed E-state index contributed by atoms with van der Waals surface area (Å²) in [6.45, 7) is 0.759. The van der Waals surface area contributed by atoms with Crippen LogP contribution in [0.25, 0.3) is 10.6 Å². The molecule has 0 bridgehead atoms. The van der Waals surface area contributed by atoms with Crippen LogP contribution in [0.15, 0.2) is 54.6 Å². The highest BCUT2D eigenvalue weighted by Crippen LogP contribution is 2.38. The van der Waals surface area contributed by atoms with E-state index in [9.17, 15) is 14.3 Å². The van der Waals surface area contributed by atoms with Gasteiger partial charge in [-0.05, 0) is 55.5 Å². The number of hydrogen-bond donors (Lipinski definition) is 2. The Morgan fingerprint density at radius 2 is 1.94 bits per heavy atom. The second-order valence-electron chi connectivity index (χ2n) is 7.68. The Kier molecular flexibility index (Phi) is 6.94. The summed E-state index contributed by atoms with van der Waals surface area (Å²) in [5.41, 5.74) is 3.05. The summed E-state index contributed by atoms with van der Waals surface area (Å²) in [4.78, 5) is 20.5. The van der Waals surface area contributed by atoms with Gasteiger partial charge in [-0.2, -0.15) is 0 Å². The maximum Gasteiger partial charge on any atom is 0.317 e. The SMILES string of the molecule is O=C(NC1CCCc2nc(-c3ccc(F)cc3)sc21)N(CCO)CCc1ccccc1. The van der Waals surface area contributed by atoms with Crippen molar-refractivity contribution in [3.05, 3.63) is 76.5 Å². The number of aromatic nitrogens is 1. The fourth-order valence-electron chi connectivity index (χ4n) is 3.86. The lowest BCUT2D eigenvalue weighted by atomic mass is 9.98. The van der Waals surface area contributed by atoms with Crippen molar-refractivity contribution in [1.29, 1.82) is 0 Å². The number of carbonyl (C=O) groups is 1. The average Bonchev–Trinajstić information content (AvgIpc) is 3.23. The molecule has 1 atom stereocenters. The van der Waals surface area contributed by atoms with Crippen molar-refractivity contribution < 1.29 is 14.3 Å². The van der Waals surface area contributed by atoms with Crippen molar-refractivity contribution in [3.63, 3.8) is 0 Å². The summed E-state index contributed by atoms with van der Waals surface area (Å²) in [7, 11) is 0. The Morgan fingerprint density at radius 3 is 2.68 bits per heavy atom. The minimum atomic E-state index is -0.269. The third-order valence-corrected chi connectivity index (χ3v) is 6.77. The van der Waals surface area contributed by atoms with Crippen molar-refractivity contribution in [1.82, 2.24) is 15.2 Å². The van der Waals surface area contributed by atoms with E-state index >= 15 is 0 Å². The van der Waals surface area contributed by atoms with Gasteiger partial charge in [-0.25, -0.2) is 14.2 Å². The van der Waals surface area contributed by atoms with E-state index in [1.807, 2.05) is 30.3 Å². The molecular weight excluding hydrogens is 413 g/mol. The van der Waals surface area contributed by atoms with Crippen LogP contribution in [0.4, 0.5) is 9.18 Å². The zero-order chi connectivity index (χ0) is 21.6. The van der Waals surface area contributed by atoms with Crippen molar-refractivity contribution >= 4 is 17.4 Å². The average molecular weight is 440 g/mol. The van der Waals surface area contributed by atoms with Gasteiger partial charge in [0.05, 0.1) is 23.2 Å². The zero-order valence-electron chi connectivity index (χ0n) is 17.3. The first-order chi connectivity index (χ1) is 15.1.